The van der Waals surface area contributed by atoms with Crippen LogP contribution in [0.1, 0.15) is 48.8 Å². The van der Waals surface area contributed by atoms with E-state index in [0.29, 0.717) is 25.3 Å². The molecule has 2 aliphatic heterocycles. The van der Waals surface area contributed by atoms with Crippen molar-refractivity contribution in [2.45, 2.75) is 51.5 Å². The molecular weight excluding hydrogens is 356 g/mol. The Labute approximate surface area is 164 Å². The molecule has 0 spiro atoms. The number of benzene rings is 1. The molecule has 5 rings (SSSR count). The van der Waals surface area contributed by atoms with Gasteiger partial charge in [-0.15, -0.1) is 0 Å². The molecule has 2 aromatic rings. The second-order valence-electron chi connectivity index (χ2n) is 8.14. The molecule has 28 heavy (non-hydrogen) atoms. The largest absolute Gasteiger partial charge is 0.478 e. The highest BCUT2D eigenvalue weighted by Gasteiger charge is 2.25. The van der Waals surface area contributed by atoms with Gasteiger partial charge >= 0.3 is 5.63 Å². The standard InChI is InChI=1S/C22H26N2O4/c25-20-7-3-11-24(20)12-4-10-23-13-18-19(27-14-23)9-8-16-15-5-1-2-6-17(15)22(26)28-21(16)18/h8-9H,1-7,10-14H2. The topological polar surface area (TPSA) is 63.0 Å². The van der Waals surface area contributed by atoms with Gasteiger partial charge in [-0.3, -0.25) is 9.69 Å². The van der Waals surface area contributed by atoms with Crippen molar-refractivity contribution >= 4 is 16.9 Å². The first kappa shape index (κ1) is 17.7. The fraction of sp³-hybridized carbons (Fsp3) is 0.545. The SMILES string of the molecule is O=C1CCCN1CCCN1COc2ccc3c4c(c(=O)oc3c2C1)CCCC4. The maximum atomic E-state index is 12.5. The number of hydrogen-bond donors (Lipinski definition) is 0. The van der Waals surface area contributed by atoms with E-state index in [1.165, 1.54) is 5.56 Å². The highest BCUT2D eigenvalue weighted by atomic mass is 16.5. The van der Waals surface area contributed by atoms with Crippen LogP contribution < -0.4 is 10.4 Å². The molecule has 0 saturated carbocycles. The molecular formula is C22H26N2O4. The lowest BCUT2D eigenvalue weighted by atomic mass is 9.90. The van der Waals surface area contributed by atoms with E-state index in [2.05, 4.69) is 11.0 Å². The molecule has 148 valence electrons. The fourth-order valence-corrected chi connectivity index (χ4v) is 4.83. The average molecular weight is 382 g/mol. The van der Waals surface area contributed by atoms with Gasteiger partial charge in [0.15, 0.2) is 0 Å². The fourth-order valence-electron chi connectivity index (χ4n) is 4.83. The molecule has 3 aliphatic rings. The number of amides is 1. The van der Waals surface area contributed by atoms with E-state index in [1.807, 2.05) is 11.0 Å². The quantitative estimate of drug-likeness (QED) is 0.761. The second-order valence-corrected chi connectivity index (χ2v) is 8.14. The summed E-state index contributed by atoms with van der Waals surface area (Å²) >= 11 is 0. The van der Waals surface area contributed by atoms with Crippen molar-refractivity contribution in [3.05, 3.63) is 39.2 Å². The van der Waals surface area contributed by atoms with Gasteiger partial charge in [0.25, 0.3) is 0 Å². The monoisotopic (exact) mass is 382 g/mol. The maximum Gasteiger partial charge on any atom is 0.339 e. The first-order valence-electron chi connectivity index (χ1n) is 10.4. The van der Waals surface area contributed by atoms with E-state index in [0.717, 1.165) is 80.4 Å². The van der Waals surface area contributed by atoms with Crippen LogP contribution >= 0.6 is 0 Å². The van der Waals surface area contributed by atoms with Crippen molar-refractivity contribution in [3.63, 3.8) is 0 Å². The number of likely N-dealkylation sites (tertiary alicyclic amines) is 1. The summed E-state index contributed by atoms with van der Waals surface area (Å²) in [5.41, 5.74) is 3.53. The zero-order valence-electron chi connectivity index (χ0n) is 16.2. The van der Waals surface area contributed by atoms with Crippen LogP contribution in [-0.2, 0) is 24.2 Å². The van der Waals surface area contributed by atoms with Crippen molar-refractivity contribution < 1.29 is 13.9 Å². The van der Waals surface area contributed by atoms with Crippen LogP contribution in [0, 0.1) is 0 Å². The lowest BCUT2D eigenvalue weighted by Gasteiger charge is -2.30. The third-order valence-corrected chi connectivity index (χ3v) is 6.31. The smallest absolute Gasteiger partial charge is 0.339 e. The molecule has 0 unspecified atom stereocenters. The minimum atomic E-state index is -0.180. The zero-order valence-corrected chi connectivity index (χ0v) is 16.2. The summed E-state index contributed by atoms with van der Waals surface area (Å²) in [6.45, 7) is 3.79. The molecule has 0 N–H and O–H groups in total. The third kappa shape index (κ3) is 3.09. The van der Waals surface area contributed by atoms with Crippen LogP contribution in [0.4, 0.5) is 0 Å². The van der Waals surface area contributed by atoms with Gasteiger partial charge in [0, 0.05) is 43.5 Å². The van der Waals surface area contributed by atoms with E-state index >= 15 is 0 Å². The van der Waals surface area contributed by atoms with Crippen molar-refractivity contribution in [3.8, 4) is 5.75 Å². The van der Waals surface area contributed by atoms with Gasteiger partial charge in [-0.1, -0.05) is 0 Å². The Morgan fingerprint density at radius 1 is 0.929 bits per heavy atom. The number of aryl methyl sites for hydroxylation is 1. The molecule has 0 radical (unpaired) electrons. The summed E-state index contributed by atoms with van der Waals surface area (Å²) in [4.78, 5) is 28.5. The number of carbonyl (C=O) groups is 1. The van der Waals surface area contributed by atoms with Crippen LogP contribution in [0.25, 0.3) is 11.0 Å². The van der Waals surface area contributed by atoms with Crippen LogP contribution in [0.5, 0.6) is 5.75 Å². The van der Waals surface area contributed by atoms with Gasteiger partial charge in [0.1, 0.15) is 18.1 Å². The Hall–Kier alpha value is -2.34. The zero-order chi connectivity index (χ0) is 19.1. The highest BCUT2D eigenvalue weighted by molar-refractivity contribution is 5.86. The van der Waals surface area contributed by atoms with Crippen molar-refractivity contribution in [1.29, 1.82) is 0 Å². The Kier molecular flexibility index (Phi) is 4.59. The molecule has 6 nitrogen and oxygen atoms in total. The summed E-state index contributed by atoms with van der Waals surface area (Å²) in [6.07, 6.45) is 6.55. The highest BCUT2D eigenvalue weighted by Crippen LogP contribution is 2.35. The van der Waals surface area contributed by atoms with E-state index in [9.17, 15) is 9.59 Å². The first-order valence-corrected chi connectivity index (χ1v) is 10.4. The molecule has 0 bridgehead atoms. The predicted octanol–water partition coefficient (Wildman–Crippen LogP) is 2.84. The van der Waals surface area contributed by atoms with Crippen molar-refractivity contribution in [1.82, 2.24) is 9.80 Å². The predicted molar refractivity (Wildman–Crippen MR) is 105 cm³/mol. The van der Waals surface area contributed by atoms with E-state index in [1.54, 1.807) is 0 Å². The number of ether oxygens (including phenoxy) is 1. The van der Waals surface area contributed by atoms with Gasteiger partial charge in [-0.2, -0.15) is 0 Å². The van der Waals surface area contributed by atoms with E-state index < -0.39 is 0 Å². The van der Waals surface area contributed by atoms with Gasteiger partial charge in [-0.25, -0.2) is 4.79 Å². The van der Waals surface area contributed by atoms with Crippen molar-refractivity contribution in [2.24, 2.45) is 0 Å². The molecule has 1 saturated heterocycles. The van der Waals surface area contributed by atoms with Crippen LogP contribution in [0.2, 0.25) is 0 Å². The van der Waals surface area contributed by atoms with Crippen LogP contribution in [0.3, 0.4) is 0 Å². The lowest BCUT2D eigenvalue weighted by Crippen LogP contribution is -2.35. The summed E-state index contributed by atoms with van der Waals surface area (Å²) in [5, 5.41) is 1.07. The summed E-state index contributed by atoms with van der Waals surface area (Å²) in [6, 6.07) is 4.07. The lowest BCUT2D eigenvalue weighted by molar-refractivity contribution is -0.127. The Morgan fingerprint density at radius 2 is 1.79 bits per heavy atom. The number of carbonyl (C=O) groups excluding carboxylic acids is 1. The van der Waals surface area contributed by atoms with Crippen LogP contribution in [-0.4, -0.2) is 42.1 Å². The third-order valence-electron chi connectivity index (χ3n) is 6.31. The summed E-state index contributed by atoms with van der Waals surface area (Å²) in [7, 11) is 0. The average Bonchev–Trinajstić information content (AvgIpc) is 3.13. The number of nitrogens with zero attached hydrogens (tertiary/aromatic N) is 2. The number of hydrogen-bond acceptors (Lipinski definition) is 5. The van der Waals surface area contributed by atoms with Gasteiger partial charge in [0.2, 0.25) is 5.91 Å². The molecule has 6 heteroatoms. The summed E-state index contributed by atoms with van der Waals surface area (Å²) in [5.74, 6) is 1.09. The van der Waals surface area contributed by atoms with Gasteiger partial charge < -0.3 is 14.1 Å². The number of fused-ring (bicyclic) bond motifs is 5. The maximum absolute atomic E-state index is 12.5. The molecule has 1 amide bonds. The second kappa shape index (κ2) is 7.24. The Bertz CT molecular complexity index is 981. The van der Waals surface area contributed by atoms with Gasteiger partial charge in [-0.05, 0) is 56.2 Å². The minimum Gasteiger partial charge on any atom is -0.478 e. The van der Waals surface area contributed by atoms with Crippen LogP contribution in [0.15, 0.2) is 21.3 Å². The minimum absolute atomic E-state index is 0.180. The molecule has 1 aromatic carbocycles. The molecule has 1 aromatic heterocycles. The molecule has 3 heterocycles. The Morgan fingerprint density at radius 3 is 2.61 bits per heavy atom. The van der Waals surface area contributed by atoms with E-state index in [-0.39, 0.29) is 11.5 Å². The normalized spacial score (nSPS) is 19.6. The van der Waals surface area contributed by atoms with Crippen molar-refractivity contribution in [2.75, 3.05) is 26.4 Å². The molecule has 0 atom stereocenters. The Balaban J connectivity index is 1.37. The van der Waals surface area contributed by atoms with E-state index in [4.69, 9.17) is 9.15 Å². The molecule has 1 fully saturated rings. The summed E-state index contributed by atoms with van der Waals surface area (Å²) < 4.78 is 11.7. The molecule has 1 aliphatic carbocycles. The first-order chi connectivity index (χ1) is 13.7. The number of rotatable bonds is 4. The van der Waals surface area contributed by atoms with Gasteiger partial charge in [0.05, 0.1) is 5.56 Å².